The van der Waals surface area contributed by atoms with Crippen molar-refractivity contribution in [3.63, 3.8) is 0 Å². The van der Waals surface area contributed by atoms with Crippen LogP contribution < -0.4 is 5.32 Å². The molecule has 0 amide bonds. The van der Waals surface area contributed by atoms with E-state index in [1.54, 1.807) is 0 Å². The van der Waals surface area contributed by atoms with Crippen molar-refractivity contribution in [2.45, 2.75) is 37.8 Å². The third kappa shape index (κ3) is 4.16. The summed E-state index contributed by atoms with van der Waals surface area (Å²) in [4.78, 5) is 0. The summed E-state index contributed by atoms with van der Waals surface area (Å²) in [5.74, 6) is 0.794. The second kappa shape index (κ2) is 6.88. The van der Waals surface area contributed by atoms with Crippen LogP contribution in [0.2, 0.25) is 0 Å². The van der Waals surface area contributed by atoms with E-state index in [0.29, 0.717) is 0 Å². The minimum atomic E-state index is 0.108. The predicted octanol–water partition coefficient (Wildman–Crippen LogP) is 3.26. The van der Waals surface area contributed by atoms with Crippen molar-refractivity contribution >= 4 is 0 Å². The van der Waals surface area contributed by atoms with Gasteiger partial charge in [-0.15, -0.1) is 0 Å². The van der Waals surface area contributed by atoms with Crippen molar-refractivity contribution in [1.29, 1.82) is 0 Å². The lowest BCUT2D eigenvalue weighted by atomic mass is 10.0. The molecular formula is C19H23NO. The van der Waals surface area contributed by atoms with Crippen LogP contribution in [0.3, 0.4) is 0 Å². The lowest BCUT2D eigenvalue weighted by Crippen LogP contribution is -2.34. The molecule has 0 unspecified atom stereocenters. The maximum absolute atomic E-state index is 9.56. The Labute approximate surface area is 126 Å². The molecule has 0 aromatic heterocycles. The molecule has 2 aromatic rings. The maximum Gasteiger partial charge on any atom is 0.0587 e. The van der Waals surface area contributed by atoms with E-state index >= 15 is 0 Å². The molecule has 1 aliphatic rings. The van der Waals surface area contributed by atoms with E-state index in [4.69, 9.17) is 0 Å². The fourth-order valence-electron chi connectivity index (χ4n) is 2.74. The first-order valence-corrected chi connectivity index (χ1v) is 7.82. The Bertz CT molecular complexity index is 563. The quantitative estimate of drug-likeness (QED) is 0.816. The Morgan fingerprint density at radius 3 is 2.48 bits per heavy atom. The Morgan fingerprint density at radius 1 is 1.00 bits per heavy atom. The van der Waals surface area contributed by atoms with Gasteiger partial charge in [-0.1, -0.05) is 54.6 Å². The van der Waals surface area contributed by atoms with E-state index in [0.717, 1.165) is 18.9 Å². The summed E-state index contributed by atoms with van der Waals surface area (Å²) in [6, 6.07) is 19.3. The molecule has 0 saturated heterocycles. The minimum absolute atomic E-state index is 0.108. The van der Waals surface area contributed by atoms with Crippen LogP contribution in [0, 0.1) is 0 Å². The molecular weight excluding hydrogens is 258 g/mol. The van der Waals surface area contributed by atoms with Crippen molar-refractivity contribution in [2.24, 2.45) is 0 Å². The zero-order chi connectivity index (χ0) is 14.5. The average molecular weight is 281 g/mol. The van der Waals surface area contributed by atoms with Gasteiger partial charge in [-0.25, -0.2) is 0 Å². The summed E-state index contributed by atoms with van der Waals surface area (Å²) < 4.78 is 0. The molecule has 1 atom stereocenters. The largest absolute Gasteiger partial charge is 0.395 e. The highest BCUT2D eigenvalue weighted by atomic mass is 16.3. The van der Waals surface area contributed by atoms with Gasteiger partial charge in [-0.2, -0.15) is 0 Å². The van der Waals surface area contributed by atoms with Gasteiger partial charge in [0.1, 0.15) is 0 Å². The summed E-state index contributed by atoms with van der Waals surface area (Å²) in [6.07, 6.45) is 3.54. The van der Waals surface area contributed by atoms with Crippen molar-refractivity contribution in [3.05, 3.63) is 71.3 Å². The van der Waals surface area contributed by atoms with E-state index in [1.807, 2.05) is 18.2 Å². The highest BCUT2D eigenvalue weighted by Crippen LogP contribution is 2.40. The Kier molecular flexibility index (Phi) is 4.69. The lowest BCUT2D eigenvalue weighted by Gasteiger charge is -2.17. The number of hydrogen-bond donors (Lipinski definition) is 2. The maximum atomic E-state index is 9.56. The number of benzene rings is 2. The van der Waals surface area contributed by atoms with Gasteiger partial charge in [-0.3, -0.25) is 0 Å². The molecule has 2 aromatic carbocycles. The molecule has 2 nitrogen and oxygen atoms in total. The monoisotopic (exact) mass is 281 g/mol. The van der Waals surface area contributed by atoms with Gasteiger partial charge < -0.3 is 10.4 Å². The van der Waals surface area contributed by atoms with Gasteiger partial charge in [0.15, 0.2) is 0 Å². The van der Waals surface area contributed by atoms with Crippen LogP contribution in [0.4, 0.5) is 0 Å². The molecule has 21 heavy (non-hydrogen) atoms. The fraction of sp³-hybridized carbons (Fsp3) is 0.368. The molecule has 1 fully saturated rings. The average Bonchev–Trinajstić information content (AvgIpc) is 3.37. The first kappa shape index (κ1) is 14.3. The highest BCUT2D eigenvalue weighted by molar-refractivity contribution is 5.29. The van der Waals surface area contributed by atoms with Gasteiger partial charge in [-0.05, 0) is 41.9 Å². The summed E-state index contributed by atoms with van der Waals surface area (Å²) in [6.45, 7) is 0.982. The number of rotatable bonds is 7. The molecule has 1 saturated carbocycles. The van der Waals surface area contributed by atoms with Crippen LogP contribution in [0.15, 0.2) is 54.6 Å². The molecule has 1 aliphatic carbocycles. The lowest BCUT2D eigenvalue weighted by molar-refractivity contribution is 0.241. The minimum Gasteiger partial charge on any atom is -0.395 e. The molecule has 110 valence electrons. The van der Waals surface area contributed by atoms with E-state index < -0.39 is 0 Å². The molecule has 3 rings (SSSR count). The van der Waals surface area contributed by atoms with Crippen LogP contribution in [-0.4, -0.2) is 17.8 Å². The number of hydrogen-bond acceptors (Lipinski definition) is 2. The number of nitrogens with one attached hydrogen (secondary N) is 1. The highest BCUT2D eigenvalue weighted by Gasteiger charge is 2.23. The second-order valence-corrected chi connectivity index (χ2v) is 5.97. The Balaban J connectivity index is 1.56. The smallest absolute Gasteiger partial charge is 0.0587 e. The summed E-state index contributed by atoms with van der Waals surface area (Å²) in [5, 5.41) is 13.0. The zero-order valence-electron chi connectivity index (χ0n) is 12.3. The third-order valence-electron chi connectivity index (χ3n) is 4.14. The summed E-state index contributed by atoms with van der Waals surface area (Å²) >= 11 is 0. The molecule has 0 heterocycles. The number of aliphatic hydroxyl groups is 1. The molecule has 2 N–H and O–H groups in total. The normalized spacial score (nSPS) is 15.9. The Morgan fingerprint density at radius 2 is 1.76 bits per heavy atom. The second-order valence-electron chi connectivity index (χ2n) is 5.97. The molecule has 0 spiro atoms. The summed E-state index contributed by atoms with van der Waals surface area (Å²) in [7, 11) is 0. The topological polar surface area (TPSA) is 32.3 Å². The van der Waals surface area contributed by atoms with Gasteiger partial charge in [0.25, 0.3) is 0 Å². The van der Waals surface area contributed by atoms with Crippen LogP contribution in [-0.2, 0) is 13.0 Å². The summed E-state index contributed by atoms with van der Waals surface area (Å²) in [5.41, 5.74) is 4.04. The predicted molar refractivity (Wildman–Crippen MR) is 86.3 cm³/mol. The van der Waals surface area contributed by atoms with Crippen molar-refractivity contribution < 1.29 is 5.11 Å². The van der Waals surface area contributed by atoms with E-state index in [-0.39, 0.29) is 12.6 Å². The van der Waals surface area contributed by atoms with E-state index in [2.05, 4.69) is 41.7 Å². The fourth-order valence-corrected chi connectivity index (χ4v) is 2.74. The van der Waals surface area contributed by atoms with Crippen LogP contribution in [0.1, 0.15) is 35.4 Å². The van der Waals surface area contributed by atoms with Crippen molar-refractivity contribution in [2.75, 3.05) is 6.61 Å². The molecule has 0 aliphatic heterocycles. The van der Waals surface area contributed by atoms with Gasteiger partial charge in [0.2, 0.25) is 0 Å². The third-order valence-corrected chi connectivity index (χ3v) is 4.14. The molecule has 0 bridgehead atoms. The van der Waals surface area contributed by atoms with Gasteiger partial charge in [0.05, 0.1) is 6.61 Å². The first-order valence-electron chi connectivity index (χ1n) is 7.82. The number of aliphatic hydroxyl groups excluding tert-OH is 1. The van der Waals surface area contributed by atoms with Gasteiger partial charge >= 0.3 is 0 Å². The van der Waals surface area contributed by atoms with Gasteiger partial charge in [0, 0.05) is 12.6 Å². The SMILES string of the molecule is OC[C@H](Cc1ccccc1)NCc1cccc(C2CC2)c1. The van der Waals surface area contributed by atoms with Crippen molar-refractivity contribution in [1.82, 2.24) is 5.32 Å². The standard InChI is InChI=1S/C19H23NO/c21-14-19(12-15-5-2-1-3-6-15)20-13-16-7-4-8-18(11-16)17-9-10-17/h1-8,11,17,19-21H,9-10,12-14H2/t19-/m0/s1. The van der Waals surface area contributed by atoms with E-state index in [9.17, 15) is 5.11 Å². The Hall–Kier alpha value is -1.64. The van der Waals surface area contributed by atoms with Crippen molar-refractivity contribution in [3.8, 4) is 0 Å². The zero-order valence-corrected chi connectivity index (χ0v) is 12.3. The van der Waals surface area contributed by atoms with E-state index in [1.165, 1.54) is 29.5 Å². The van der Waals surface area contributed by atoms with Crippen LogP contribution in [0.25, 0.3) is 0 Å². The first-order chi connectivity index (χ1) is 10.3. The molecule has 0 radical (unpaired) electrons. The molecule has 2 heteroatoms. The van der Waals surface area contributed by atoms with Crippen LogP contribution >= 0.6 is 0 Å². The van der Waals surface area contributed by atoms with Crippen LogP contribution in [0.5, 0.6) is 0 Å².